The predicted molar refractivity (Wildman–Crippen MR) is 126 cm³/mol. The number of nitrogens with zero attached hydrogens (tertiary/aromatic N) is 1. The minimum absolute atomic E-state index is 0.00472. The molecule has 1 aliphatic heterocycles. The molecule has 0 spiro atoms. The van der Waals surface area contributed by atoms with Crippen molar-refractivity contribution in [1.82, 2.24) is 4.90 Å². The van der Waals surface area contributed by atoms with E-state index in [4.69, 9.17) is 9.47 Å². The molecule has 3 nitrogen and oxygen atoms in total. The Morgan fingerprint density at radius 2 is 1.70 bits per heavy atom. The summed E-state index contributed by atoms with van der Waals surface area (Å²) in [4.78, 5) is 2.56. The van der Waals surface area contributed by atoms with Gasteiger partial charge in [0.15, 0.2) is 0 Å². The van der Waals surface area contributed by atoms with E-state index in [0.29, 0.717) is 6.42 Å². The van der Waals surface area contributed by atoms with E-state index >= 15 is 4.39 Å². The Balaban J connectivity index is 1.64. The van der Waals surface area contributed by atoms with Crippen molar-refractivity contribution in [1.29, 1.82) is 0 Å². The van der Waals surface area contributed by atoms with Crippen LogP contribution in [0.3, 0.4) is 0 Å². The second kappa shape index (κ2) is 14.1. The molecule has 30 heavy (non-hydrogen) atoms. The first kappa shape index (κ1) is 26.2. The van der Waals surface area contributed by atoms with Crippen molar-refractivity contribution in [3.8, 4) is 0 Å². The fourth-order valence-corrected chi connectivity index (χ4v) is 6.63. The summed E-state index contributed by atoms with van der Waals surface area (Å²) in [5.74, 6) is 0.775. The maximum absolute atomic E-state index is 15.2. The van der Waals surface area contributed by atoms with Crippen LogP contribution in [0.15, 0.2) is 30.3 Å². The van der Waals surface area contributed by atoms with Crippen molar-refractivity contribution in [3.05, 3.63) is 35.9 Å². The van der Waals surface area contributed by atoms with Crippen molar-refractivity contribution < 1.29 is 13.9 Å². The Labute approximate surface area is 198 Å². The maximum atomic E-state index is 15.2. The molecule has 0 saturated carbocycles. The summed E-state index contributed by atoms with van der Waals surface area (Å²) in [6.45, 7) is 5.57. The van der Waals surface area contributed by atoms with Gasteiger partial charge in [-0.05, 0) is 0 Å². The third kappa shape index (κ3) is 9.58. The Morgan fingerprint density at radius 3 is 2.30 bits per heavy atom. The molecule has 0 amide bonds. The summed E-state index contributed by atoms with van der Waals surface area (Å²) in [6.07, 6.45) is 9.06. The van der Waals surface area contributed by atoms with Crippen LogP contribution >= 0.6 is 0 Å². The van der Waals surface area contributed by atoms with Gasteiger partial charge in [0.2, 0.25) is 0 Å². The van der Waals surface area contributed by atoms with Crippen molar-refractivity contribution in [2.24, 2.45) is 5.92 Å². The van der Waals surface area contributed by atoms with Crippen molar-refractivity contribution in [3.63, 3.8) is 0 Å². The molecule has 1 saturated heterocycles. The first-order valence-corrected chi connectivity index (χ1v) is 14.8. The van der Waals surface area contributed by atoms with Crippen LogP contribution in [0.4, 0.5) is 4.39 Å². The van der Waals surface area contributed by atoms with E-state index in [2.05, 4.69) is 42.2 Å². The number of piperidine rings is 1. The van der Waals surface area contributed by atoms with Gasteiger partial charge in [-0.15, -0.1) is 0 Å². The summed E-state index contributed by atoms with van der Waals surface area (Å²) < 4.78 is 25.5. The van der Waals surface area contributed by atoms with Gasteiger partial charge < -0.3 is 0 Å². The number of halogens is 1. The first-order valence-electron chi connectivity index (χ1n) is 12.0. The zero-order valence-electron chi connectivity index (χ0n) is 19.7. The van der Waals surface area contributed by atoms with Gasteiger partial charge in [-0.1, -0.05) is 6.07 Å². The number of hydrogen-bond donors (Lipinski definition) is 0. The summed E-state index contributed by atoms with van der Waals surface area (Å²) in [5.41, 5.74) is 1.40. The van der Waals surface area contributed by atoms with E-state index in [1.54, 1.807) is 14.2 Å². The van der Waals surface area contributed by atoms with Crippen LogP contribution < -0.4 is 0 Å². The third-order valence-corrected chi connectivity index (χ3v) is 9.66. The average molecular weight is 523 g/mol. The fourth-order valence-electron chi connectivity index (χ4n) is 4.80. The molecule has 5 heteroatoms. The second-order valence-electron chi connectivity index (χ2n) is 9.39. The number of likely N-dealkylation sites (tertiary alicyclic amines) is 1. The van der Waals surface area contributed by atoms with E-state index in [1.807, 2.05) is 0 Å². The molecular weight excluding hydrogens is 480 g/mol. The minimum atomic E-state index is -0.906. The molecule has 1 aromatic carbocycles. The second-order valence-corrected chi connectivity index (χ2v) is 14.5. The zero-order valence-corrected chi connectivity index (χ0v) is 25.5. The number of methoxy groups -OCH3 is 2. The van der Waals surface area contributed by atoms with Crippen LogP contribution in [-0.4, -0.2) is 72.2 Å². The molecule has 3 unspecified atom stereocenters. The van der Waals surface area contributed by atoms with Gasteiger partial charge in [-0.2, -0.15) is 0 Å². The monoisotopic (exact) mass is 523 g/mol. The molecule has 1 aliphatic rings. The first-order chi connectivity index (χ1) is 14.5. The Hall–Kier alpha value is -0.0999. The van der Waals surface area contributed by atoms with Gasteiger partial charge in [0, 0.05) is 0 Å². The van der Waals surface area contributed by atoms with Gasteiger partial charge in [-0.25, -0.2) is 0 Å². The summed E-state index contributed by atoms with van der Waals surface area (Å²) in [5, 5.41) is 0. The van der Waals surface area contributed by atoms with Crippen LogP contribution in [-0.2, 0) is 16.0 Å². The fraction of sp³-hybridized carbons (Fsp3) is 0.760. The molecule has 0 N–H and O–H groups in total. The Bertz CT molecular complexity index is 564. The molecule has 1 heterocycles. The number of rotatable bonds is 14. The molecule has 0 bridgehead atoms. The van der Waals surface area contributed by atoms with Crippen LogP contribution in [0.25, 0.3) is 0 Å². The van der Waals surface area contributed by atoms with Crippen LogP contribution in [0.2, 0.25) is 0 Å². The number of hydrogen-bond acceptors (Lipinski definition) is 3. The van der Waals surface area contributed by atoms with Crippen molar-refractivity contribution >= 4 is 24.4 Å². The van der Waals surface area contributed by atoms with Crippen LogP contribution in [0.1, 0.15) is 70.3 Å². The van der Waals surface area contributed by atoms with Gasteiger partial charge in [-0.3, -0.25) is 0 Å². The van der Waals surface area contributed by atoms with Gasteiger partial charge in [0.1, 0.15) is 0 Å². The van der Waals surface area contributed by atoms with E-state index in [1.165, 1.54) is 37.9 Å². The molecule has 0 aliphatic carbocycles. The van der Waals surface area contributed by atoms with E-state index < -0.39 is 3.43 Å². The summed E-state index contributed by atoms with van der Waals surface area (Å²) in [7, 11) is 3.47. The number of benzene rings is 1. The van der Waals surface area contributed by atoms with Gasteiger partial charge >= 0.3 is 193 Å². The molecule has 2 rings (SSSR count). The predicted octanol–water partition coefficient (Wildman–Crippen LogP) is 4.98. The van der Waals surface area contributed by atoms with E-state index in [9.17, 15) is 0 Å². The number of alkyl halides is 1. The molecule has 1 fully saturated rings. The third-order valence-electron chi connectivity index (χ3n) is 6.81. The molecular formula is C25H43FInNO2. The van der Waals surface area contributed by atoms with Gasteiger partial charge in [0.25, 0.3) is 0 Å². The van der Waals surface area contributed by atoms with Crippen LogP contribution in [0, 0.1) is 5.92 Å². The average Bonchev–Trinajstić information content (AvgIpc) is 2.75. The zero-order chi connectivity index (χ0) is 21.8. The standard InChI is InChI=1S/C25H41FNO2.In.2H/c1-4-9-24(28-2)25(29-3)15-14-23(26)13-8-12-21-16-18-27(19-17-21)20-22-10-6-5-7-11-22;;;/h5-7,10-11,21,24-25H,4,8-9,12-20H2,1-3H3;;;. The quantitative estimate of drug-likeness (QED) is 0.344. The van der Waals surface area contributed by atoms with Crippen molar-refractivity contribution in [2.75, 3.05) is 27.3 Å². The van der Waals surface area contributed by atoms with Crippen molar-refractivity contribution in [2.45, 2.75) is 86.9 Å². The summed E-state index contributed by atoms with van der Waals surface area (Å²) in [6, 6.07) is 10.7. The molecule has 0 radical (unpaired) electrons. The Kier molecular flexibility index (Phi) is 12.3. The normalized spacial score (nSPS) is 20.0. The SMILES string of the molecule is CCCC(OC)C(CC[C](F)([InH2])CCCC1CCN(Cc2ccccc2)CC1)OC. The molecule has 3 atom stereocenters. The van der Waals surface area contributed by atoms with E-state index in [0.717, 1.165) is 44.6 Å². The topological polar surface area (TPSA) is 21.7 Å². The Morgan fingerprint density at radius 1 is 1.07 bits per heavy atom. The van der Waals surface area contributed by atoms with Gasteiger partial charge in [0.05, 0.1) is 0 Å². The molecule has 170 valence electrons. The van der Waals surface area contributed by atoms with Crippen LogP contribution in [0.5, 0.6) is 0 Å². The number of ether oxygens (including phenoxy) is 2. The molecule has 1 aromatic rings. The van der Waals surface area contributed by atoms with E-state index in [-0.39, 0.29) is 36.6 Å². The summed E-state index contributed by atoms with van der Waals surface area (Å²) >= 11 is -0.00472. The molecule has 0 aromatic heterocycles.